The molecule has 1 saturated carbocycles. The molecule has 8 heteroatoms. The largest absolute Gasteiger partial charge is 0.459 e. The lowest BCUT2D eigenvalue weighted by Crippen LogP contribution is -2.55. The summed E-state index contributed by atoms with van der Waals surface area (Å²) >= 11 is 0. The summed E-state index contributed by atoms with van der Waals surface area (Å²) in [4.78, 5) is 35.9. The maximum Gasteiger partial charge on any atom is 0.287 e. The topological polar surface area (TPSA) is 124 Å². The maximum atomic E-state index is 12.3. The third kappa shape index (κ3) is 4.19. The fourth-order valence-electron chi connectivity index (χ4n) is 2.84. The molecule has 1 aromatic rings. The maximum absolute atomic E-state index is 12.3. The van der Waals surface area contributed by atoms with Crippen molar-refractivity contribution in [2.24, 2.45) is 11.1 Å². The number of hydrogen-bond donors (Lipinski definition) is 3. The molecule has 0 spiro atoms. The Morgan fingerprint density at radius 2 is 2.12 bits per heavy atom. The highest BCUT2D eigenvalue weighted by atomic mass is 16.5. The van der Waals surface area contributed by atoms with Crippen LogP contribution in [0.1, 0.15) is 48.7 Å². The number of primary amides is 1. The molecule has 0 saturated heterocycles. The number of amides is 3. The summed E-state index contributed by atoms with van der Waals surface area (Å²) in [5, 5.41) is 5.56. The van der Waals surface area contributed by atoms with E-state index in [2.05, 4.69) is 10.6 Å². The number of ether oxygens (including phenoxy) is 1. The minimum atomic E-state index is -1.05. The molecule has 0 radical (unpaired) electrons. The summed E-state index contributed by atoms with van der Waals surface area (Å²) in [5.74, 6) is -0.998. The van der Waals surface area contributed by atoms with E-state index in [1.54, 1.807) is 13.2 Å². The molecule has 1 fully saturated rings. The Bertz CT molecular complexity index is 636. The van der Waals surface area contributed by atoms with Crippen LogP contribution < -0.4 is 16.4 Å². The quantitative estimate of drug-likeness (QED) is 0.565. The Labute approximate surface area is 146 Å². The molecule has 1 aliphatic carbocycles. The zero-order valence-electron chi connectivity index (χ0n) is 14.6. The lowest BCUT2D eigenvalue weighted by Gasteiger charge is -2.37. The van der Waals surface area contributed by atoms with Crippen LogP contribution in [0.5, 0.6) is 0 Å². The Morgan fingerprint density at radius 1 is 1.40 bits per heavy atom. The van der Waals surface area contributed by atoms with Crippen molar-refractivity contribution in [2.45, 2.75) is 45.3 Å². The molecule has 8 nitrogen and oxygen atoms in total. The van der Waals surface area contributed by atoms with Gasteiger partial charge in [0.15, 0.2) is 5.76 Å². The number of carbonyl (C=O) groups is 3. The van der Waals surface area contributed by atoms with Crippen molar-refractivity contribution in [2.75, 3.05) is 13.7 Å². The van der Waals surface area contributed by atoms with Crippen molar-refractivity contribution >= 4 is 17.7 Å². The number of rotatable bonds is 9. The van der Waals surface area contributed by atoms with Crippen LogP contribution in [0.2, 0.25) is 0 Å². The van der Waals surface area contributed by atoms with Crippen LogP contribution in [0.15, 0.2) is 16.7 Å². The monoisotopic (exact) mass is 351 g/mol. The Kier molecular flexibility index (Phi) is 6.19. The predicted octanol–water partition coefficient (Wildman–Crippen LogP) is 0.706. The minimum absolute atomic E-state index is 0.195. The van der Waals surface area contributed by atoms with Crippen LogP contribution in [0.3, 0.4) is 0 Å². The molecule has 1 aliphatic rings. The van der Waals surface area contributed by atoms with Crippen LogP contribution in [-0.2, 0) is 20.9 Å². The zero-order chi connectivity index (χ0) is 18.4. The van der Waals surface area contributed by atoms with Crippen molar-refractivity contribution in [1.29, 1.82) is 0 Å². The predicted molar refractivity (Wildman–Crippen MR) is 89.5 cm³/mol. The molecule has 2 rings (SSSR count). The summed E-state index contributed by atoms with van der Waals surface area (Å²) in [6.07, 6.45) is 3.78. The second kappa shape index (κ2) is 8.15. The van der Waals surface area contributed by atoms with Gasteiger partial charge in [0.1, 0.15) is 5.41 Å². The van der Waals surface area contributed by atoms with Crippen LogP contribution in [0.25, 0.3) is 0 Å². The third-order valence-corrected chi connectivity index (χ3v) is 4.61. The van der Waals surface area contributed by atoms with E-state index in [9.17, 15) is 14.4 Å². The molecule has 1 aromatic heterocycles. The fourth-order valence-corrected chi connectivity index (χ4v) is 2.84. The number of hydrogen-bond acceptors (Lipinski definition) is 5. The second-order valence-electron chi connectivity index (χ2n) is 6.43. The van der Waals surface area contributed by atoms with Gasteiger partial charge in [-0.2, -0.15) is 0 Å². The van der Waals surface area contributed by atoms with E-state index in [1.165, 1.54) is 6.26 Å². The van der Waals surface area contributed by atoms with Crippen LogP contribution in [0, 0.1) is 5.41 Å². The van der Waals surface area contributed by atoms with Gasteiger partial charge in [-0.05, 0) is 32.3 Å². The molecule has 1 heterocycles. The lowest BCUT2D eigenvalue weighted by atomic mass is 9.67. The summed E-state index contributed by atoms with van der Waals surface area (Å²) in [7, 11) is 1.54. The SMILES string of the molecule is COCc1ccoc1C(=O)NCCC(C)NC(=O)C1(C(N)=O)CCC1. The number of methoxy groups -OCH3 is 1. The van der Waals surface area contributed by atoms with Crippen LogP contribution >= 0.6 is 0 Å². The van der Waals surface area contributed by atoms with Gasteiger partial charge in [0.05, 0.1) is 12.9 Å². The average molecular weight is 351 g/mol. The average Bonchev–Trinajstić information content (AvgIpc) is 2.94. The first-order valence-electron chi connectivity index (χ1n) is 8.35. The van der Waals surface area contributed by atoms with Gasteiger partial charge in [0.25, 0.3) is 5.91 Å². The summed E-state index contributed by atoms with van der Waals surface area (Å²) in [6, 6.07) is 1.49. The van der Waals surface area contributed by atoms with Gasteiger partial charge in [-0.3, -0.25) is 14.4 Å². The smallest absolute Gasteiger partial charge is 0.287 e. The Hall–Kier alpha value is -2.35. The summed E-state index contributed by atoms with van der Waals surface area (Å²) in [6.45, 7) is 2.47. The molecule has 138 valence electrons. The van der Waals surface area contributed by atoms with Gasteiger partial charge in [0.2, 0.25) is 11.8 Å². The van der Waals surface area contributed by atoms with E-state index in [4.69, 9.17) is 14.9 Å². The molecule has 25 heavy (non-hydrogen) atoms. The molecule has 1 atom stereocenters. The highest BCUT2D eigenvalue weighted by molar-refractivity contribution is 6.05. The first kappa shape index (κ1) is 19.0. The van der Waals surface area contributed by atoms with Crippen LogP contribution in [-0.4, -0.2) is 37.4 Å². The summed E-state index contributed by atoms with van der Waals surface area (Å²) < 4.78 is 10.2. The number of furan rings is 1. The molecule has 0 bridgehead atoms. The van der Waals surface area contributed by atoms with Gasteiger partial charge < -0.3 is 25.5 Å². The fraction of sp³-hybridized carbons (Fsp3) is 0.588. The van der Waals surface area contributed by atoms with Gasteiger partial charge in [-0.25, -0.2) is 0 Å². The number of carbonyl (C=O) groups excluding carboxylic acids is 3. The second-order valence-corrected chi connectivity index (χ2v) is 6.43. The molecule has 4 N–H and O–H groups in total. The third-order valence-electron chi connectivity index (χ3n) is 4.61. The highest BCUT2D eigenvalue weighted by Crippen LogP contribution is 2.40. The molecule has 1 unspecified atom stereocenters. The highest BCUT2D eigenvalue weighted by Gasteiger charge is 2.49. The van der Waals surface area contributed by atoms with Gasteiger partial charge >= 0.3 is 0 Å². The van der Waals surface area contributed by atoms with E-state index >= 15 is 0 Å². The molecule has 0 aliphatic heterocycles. The zero-order valence-corrected chi connectivity index (χ0v) is 14.6. The van der Waals surface area contributed by atoms with Crippen molar-refractivity contribution in [3.8, 4) is 0 Å². The van der Waals surface area contributed by atoms with Crippen LogP contribution in [0.4, 0.5) is 0 Å². The van der Waals surface area contributed by atoms with E-state index < -0.39 is 11.3 Å². The van der Waals surface area contributed by atoms with Gasteiger partial charge in [-0.1, -0.05) is 6.42 Å². The van der Waals surface area contributed by atoms with E-state index in [0.717, 1.165) is 6.42 Å². The van der Waals surface area contributed by atoms with Gasteiger partial charge in [0, 0.05) is 25.3 Å². The van der Waals surface area contributed by atoms with E-state index in [-0.39, 0.29) is 23.6 Å². The van der Waals surface area contributed by atoms with E-state index in [0.29, 0.717) is 38.0 Å². The standard InChI is InChI=1S/C17H25N3O5/c1-11(20-16(23)17(15(18)22)6-3-7-17)4-8-19-14(21)13-12(10-24-2)5-9-25-13/h5,9,11H,3-4,6-8,10H2,1-2H3,(H2,18,22)(H,19,21)(H,20,23). The first-order valence-corrected chi connectivity index (χ1v) is 8.35. The first-order chi connectivity index (χ1) is 11.9. The Morgan fingerprint density at radius 3 is 2.68 bits per heavy atom. The molecular weight excluding hydrogens is 326 g/mol. The van der Waals surface area contributed by atoms with Crippen molar-refractivity contribution in [3.63, 3.8) is 0 Å². The molecule has 3 amide bonds. The van der Waals surface area contributed by atoms with E-state index in [1.807, 2.05) is 6.92 Å². The molecular formula is C17H25N3O5. The van der Waals surface area contributed by atoms with Crippen molar-refractivity contribution in [1.82, 2.24) is 10.6 Å². The number of nitrogens with one attached hydrogen (secondary N) is 2. The molecule has 0 aromatic carbocycles. The number of nitrogens with two attached hydrogens (primary N) is 1. The lowest BCUT2D eigenvalue weighted by molar-refractivity contribution is -0.148. The van der Waals surface area contributed by atoms with Gasteiger partial charge in [-0.15, -0.1) is 0 Å². The normalized spacial score (nSPS) is 16.6. The van der Waals surface area contributed by atoms with Crippen molar-refractivity contribution < 1.29 is 23.5 Å². The van der Waals surface area contributed by atoms with Crippen molar-refractivity contribution in [3.05, 3.63) is 23.7 Å². The summed E-state index contributed by atoms with van der Waals surface area (Å²) in [5.41, 5.74) is 4.99. The minimum Gasteiger partial charge on any atom is -0.459 e. The Balaban J connectivity index is 1.77.